The fourth-order valence-electron chi connectivity index (χ4n) is 2.33. The van der Waals surface area contributed by atoms with Crippen LogP contribution < -0.4 is 25.4 Å². The molecule has 0 bridgehead atoms. The number of nitrogens with one attached hydrogen (secondary N) is 3. The third kappa shape index (κ3) is 6.82. The zero-order chi connectivity index (χ0) is 21.6. The van der Waals surface area contributed by atoms with E-state index < -0.39 is 15.9 Å². The molecular weight excluding hydrogens is 457 g/mol. The molecule has 1 amide bonds. The van der Waals surface area contributed by atoms with Crippen LogP contribution in [0.3, 0.4) is 0 Å². The molecule has 0 aliphatic carbocycles. The molecule has 0 heterocycles. The number of halogens is 3. The molecule has 1 atom stereocenters. The van der Waals surface area contributed by atoms with Gasteiger partial charge in [-0.3, -0.25) is 4.79 Å². The molecule has 0 radical (unpaired) electrons. The largest absolute Gasteiger partial charge is 0.493 e. The molecule has 29 heavy (non-hydrogen) atoms. The van der Waals surface area contributed by atoms with E-state index in [-0.39, 0.29) is 5.11 Å². The summed E-state index contributed by atoms with van der Waals surface area (Å²) in [5.74, 6) is 0.395. The van der Waals surface area contributed by atoms with Crippen LogP contribution in [0, 0.1) is 6.92 Å². The number of carbonyl (C=O) groups is 1. The Morgan fingerprint density at radius 1 is 1.00 bits per heavy atom. The second kappa shape index (κ2) is 10.2. The van der Waals surface area contributed by atoms with E-state index >= 15 is 0 Å². The van der Waals surface area contributed by atoms with Gasteiger partial charge in [0, 0.05) is 11.3 Å². The molecule has 0 fully saturated rings. The predicted molar refractivity (Wildman–Crippen MR) is 122 cm³/mol. The van der Waals surface area contributed by atoms with Crippen LogP contribution in [0.1, 0.15) is 15.9 Å². The van der Waals surface area contributed by atoms with Gasteiger partial charge in [-0.25, -0.2) is 0 Å². The molecule has 6 nitrogen and oxygen atoms in total. The van der Waals surface area contributed by atoms with Gasteiger partial charge in [0.1, 0.15) is 6.17 Å². The Bertz CT molecular complexity index is 873. The summed E-state index contributed by atoms with van der Waals surface area (Å²) in [5.41, 5.74) is 2.15. The van der Waals surface area contributed by atoms with Crippen LogP contribution >= 0.6 is 47.0 Å². The maximum atomic E-state index is 12.7. The Hall–Kier alpha value is -1.93. The SMILES string of the molecule is COc1ccc(C(=O)NC(NC(=S)Nc2ccc(C)cc2)C(Cl)(Cl)Cl)cc1OC. The number of hydrogen-bond donors (Lipinski definition) is 3. The van der Waals surface area contributed by atoms with Crippen LogP contribution in [-0.2, 0) is 0 Å². The van der Waals surface area contributed by atoms with E-state index in [9.17, 15) is 4.79 Å². The number of anilines is 1. The summed E-state index contributed by atoms with van der Waals surface area (Å²) >= 11 is 23.3. The van der Waals surface area contributed by atoms with Crippen molar-refractivity contribution in [2.24, 2.45) is 0 Å². The van der Waals surface area contributed by atoms with E-state index in [4.69, 9.17) is 56.5 Å². The van der Waals surface area contributed by atoms with Gasteiger partial charge in [0.05, 0.1) is 14.2 Å². The highest BCUT2D eigenvalue weighted by atomic mass is 35.6. The summed E-state index contributed by atoms with van der Waals surface area (Å²) in [6.07, 6.45) is -1.10. The first-order valence-corrected chi connectivity index (χ1v) is 9.92. The number of hydrogen-bond acceptors (Lipinski definition) is 4. The Balaban J connectivity index is 2.11. The van der Waals surface area contributed by atoms with Crippen LogP contribution in [0.5, 0.6) is 11.5 Å². The molecule has 0 saturated carbocycles. The summed E-state index contributed by atoms with van der Waals surface area (Å²) in [6, 6.07) is 12.3. The van der Waals surface area contributed by atoms with E-state index in [1.165, 1.54) is 20.3 Å². The van der Waals surface area contributed by atoms with Crippen LogP contribution in [0.25, 0.3) is 0 Å². The number of benzene rings is 2. The molecule has 0 aromatic heterocycles. The quantitative estimate of drug-likeness (QED) is 0.326. The zero-order valence-electron chi connectivity index (χ0n) is 15.9. The van der Waals surface area contributed by atoms with Crippen LogP contribution in [0.4, 0.5) is 5.69 Å². The number of methoxy groups -OCH3 is 2. The van der Waals surface area contributed by atoms with E-state index in [1.54, 1.807) is 12.1 Å². The average molecular weight is 477 g/mol. The van der Waals surface area contributed by atoms with E-state index in [1.807, 2.05) is 31.2 Å². The summed E-state index contributed by atoms with van der Waals surface area (Å²) in [5, 5.41) is 8.58. The van der Waals surface area contributed by atoms with Crippen molar-refractivity contribution in [2.75, 3.05) is 19.5 Å². The van der Waals surface area contributed by atoms with Crippen molar-refractivity contribution in [3.63, 3.8) is 0 Å². The van der Waals surface area contributed by atoms with Gasteiger partial charge in [0.2, 0.25) is 3.79 Å². The van der Waals surface area contributed by atoms with Gasteiger partial charge in [-0.2, -0.15) is 0 Å². The minimum Gasteiger partial charge on any atom is -0.493 e. The molecule has 0 aliphatic rings. The van der Waals surface area contributed by atoms with E-state index in [0.29, 0.717) is 17.1 Å². The maximum absolute atomic E-state index is 12.7. The molecule has 2 aromatic rings. The smallest absolute Gasteiger partial charge is 0.253 e. The molecular formula is C19H20Cl3N3O3S. The Kier molecular flexibility index (Phi) is 8.22. The number of ether oxygens (including phenoxy) is 2. The van der Waals surface area contributed by atoms with Gasteiger partial charge in [0.15, 0.2) is 16.6 Å². The van der Waals surface area contributed by atoms with Crippen LogP contribution in [-0.4, -0.2) is 35.2 Å². The molecule has 0 aliphatic heterocycles. The monoisotopic (exact) mass is 475 g/mol. The number of amides is 1. The lowest BCUT2D eigenvalue weighted by Crippen LogP contribution is -2.56. The Labute approximate surface area is 189 Å². The molecule has 10 heteroatoms. The van der Waals surface area contributed by atoms with Crippen molar-refractivity contribution in [3.8, 4) is 11.5 Å². The van der Waals surface area contributed by atoms with Gasteiger partial charge < -0.3 is 25.4 Å². The summed E-state index contributed by atoms with van der Waals surface area (Å²) in [4.78, 5) is 12.7. The van der Waals surface area contributed by atoms with E-state index in [0.717, 1.165) is 11.3 Å². The van der Waals surface area contributed by atoms with Gasteiger partial charge in [-0.05, 0) is 49.5 Å². The van der Waals surface area contributed by atoms with Gasteiger partial charge in [-0.15, -0.1) is 0 Å². The first-order chi connectivity index (χ1) is 13.6. The average Bonchev–Trinajstić information content (AvgIpc) is 2.67. The van der Waals surface area contributed by atoms with Gasteiger partial charge in [0.25, 0.3) is 5.91 Å². The third-order valence-corrected chi connectivity index (χ3v) is 4.71. The molecule has 0 spiro atoms. The fraction of sp³-hybridized carbons (Fsp3) is 0.263. The van der Waals surface area contributed by atoms with Crippen molar-refractivity contribution in [1.82, 2.24) is 10.6 Å². The standard InChI is InChI=1S/C19H20Cl3N3O3S/c1-11-4-7-13(8-5-11)23-18(29)25-17(19(20,21)22)24-16(26)12-6-9-14(27-2)15(10-12)28-3/h4-10,17H,1-3H3,(H,24,26)(H2,23,25,29). The minimum atomic E-state index is -1.87. The number of aryl methyl sites for hydroxylation is 1. The molecule has 156 valence electrons. The zero-order valence-corrected chi connectivity index (χ0v) is 19.0. The lowest BCUT2D eigenvalue weighted by molar-refractivity contribution is 0.0934. The lowest BCUT2D eigenvalue weighted by Gasteiger charge is -2.28. The lowest BCUT2D eigenvalue weighted by atomic mass is 10.2. The second-order valence-electron chi connectivity index (χ2n) is 5.98. The second-order valence-corrected chi connectivity index (χ2v) is 8.76. The summed E-state index contributed by atoms with van der Waals surface area (Å²) in [6.45, 7) is 1.98. The molecule has 3 N–H and O–H groups in total. The predicted octanol–water partition coefficient (Wildman–Crippen LogP) is 4.42. The number of thiocarbonyl (C=S) groups is 1. The van der Waals surface area contributed by atoms with Crippen molar-refractivity contribution < 1.29 is 14.3 Å². The Morgan fingerprint density at radius 3 is 2.17 bits per heavy atom. The summed E-state index contributed by atoms with van der Waals surface area (Å²) < 4.78 is 8.50. The Morgan fingerprint density at radius 2 is 1.62 bits per heavy atom. The van der Waals surface area contributed by atoms with E-state index in [2.05, 4.69) is 16.0 Å². The highest BCUT2D eigenvalue weighted by Crippen LogP contribution is 2.30. The molecule has 2 aromatic carbocycles. The first-order valence-electron chi connectivity index (χ1n) is 8.38. The third-order valence-electron chi connectivity index (χ3n) is 3.83. The number of alkyl halides is 3. The van der Waals surface area contributed by atoms with Crippen molar-refractivity contribution in [1.29, 1.82) is 0 Å². The molecule has 2 rings (SSSR count). The van der Waals surface area contributed by atoms with Crippen LogP contribution in [0.2, 0.25) is 0 Å². The van der Waals surface area contributed by atoms with Crippen LogP contribution in [0.15, 0.2) is 42.5 Å². The first kappa shape index (κ1) is 23.3. The fourth-order valence-corrected chi connectivity index (χ4v) is 2.89. The normalized spacial score (nSPS) is 11.9. The minimum absolute atomic E-state index is 0.179. The van der Waals surface area contributed by atoms with Crippen molar-refractivity contribution >= 4 is 63.7 Å². The summed E-state index contributed by atoms with van der Waals surface area (Å²) in [7, 11) is 2.97. The highest BCUT2D eigenvalue weighted by molar-refractivity contribution is 7.80. The van der Waals surface area contributed by atoms with Crippen molar-refractivity contribution in [3.05, 3.63) is 53.6 Å². The number of carbonyl (C=O) groups excluding carboxylic acids is 1. The topological polar surface area (TPSA) is 71.6 Å². The number of rotatable bonds is 6. The van der Waals surface area contributed by atoms with Crippen molar-refractivity contribution in [2.45, 2.75) is 16.9 Å². The van der Waals surface area contributed by atoms with Gasteiger partial charge in [-0.1, -0.05) is 52.5 Å². The molecule has 1 unspecified atom stereocenters. The maximum Gasteiger partial charge on any atom is 0.253 e. The highest BCUT2D eigenvalue weighted by Gasteiger charge is 2.35. The van der Waals surface area contributed by atoms with Gasteiger partial charge >= 0.3 is 0 Å². The molecule has 0 saturated heterocycles.